The van der Waals surface area contributed by atoms with Gasteiger partial charge in [-0.25, -0.2) is 0 Å². The Labute approximate surface area is 106 Å². The van der Waals surface area contributed by atoms with Gasteiger partial charge in [-0.05, 0) is 30.5 Å². The third-order valence-corrected chi connectivity index (χ3v) is 3.46. The standard InChI is InChI=1S/C13H17N3O2/c17-13(9-18-10-13)11-3-5-12(6-4-11)14-15-16-7-1-2-8-16/h3-6,17H,1-2,7-10H2/b15-14+. The Morgan fingerprint density at radius 2 is 1.78 bits per heavy atom. The predicted octanol–water partition coefficient (Wildman–Crippen LogP) is 2.00. The van der Waals surface area contributed by atoms with Crippen molar-refractivity contribution in [3.05, 3.63) is 29.8 Å². The second-order valence-electron chi connectivity index (χ2n) is 4.92. The maximum Gasteiger partial charge on any atom is 0.136 e. The Kier molecular flexibility index (Phi) is 3.01. The fourth-order valence-corrected chi connectivity index (χ4v) is 2.21. The van der Waals surface area contributed by atoms with Gasteiger partial charge in [0.2, 0.25) is 0 Å². The number of nitrogens with zero attached hydrogens (tertiary/aromatic N) is 3. The molecule has 0 aromatic heterocycles. The average Bonchev–Trinajstić information content (AvgIpc) is 2.87. The van der Waals surface area contributed by atoms with Crippen LogP contribution >= 0.6 is 0 Å². The highest BCUT2D eigenvalue weighted by molar-refractivity contribution is 5.40. The smallest absolute Gasteiger partial charge is 0.136 e. The molecule has 1 aromatic carbocycles. The molecule has 0 aliphatic carbocycles. The van der Waals surface area contributed by atoms with Gasteiger partial charge >= 0.3 is 0 Å². The van der Waals surface area contributed by atoms with E-state index in [-0.39, 0.29) is 0 Å². The van der Waals surface area contributed by atoms with Crippen molar-refractivity contribution in [1.82, 2.24) is 5.01 Å². The van der Waals surface area contributed by atoms with Crippen molar-refractivity contribution in [3.63, 3.8) is 0 Å². The summed E-state index contributed by atoms with van der Waals surface area (Å²) in [5, 5.41) is 20.5. The molecule has 2 aliphatic rings. The highest BCUT2D eigenvalue weighted by Gasteiger charge is 2.37. The van der Waals surface area contributed by atoms with Crippen LogP contribution in [0.2, 0.25) is 0 Å². The van der Waals surface area contributed by atoms with Gasteiger partial charge in [0, 0.05) is 13.1 Å². The largest absolute Gasteiger partial charge is 0.380 e. The van der Waals surface area contributed by atoms with Gasteiger partial charge in [-0.1, -0.05) is 17.4 Å². The van der Waals surface area contributed by atoms with Crippen molar-refractivity contribution in [1.29, 1.82) is 0 Å². The van der Waals surface area contributed by atoms with Crippen molar-refractivity contribution in [2.75, 3.05) is 26.3 Å². The lowest BCUT2D eigenvalue weighted by Crippen LogP contribution is -2.46. The Bertz CT molecular complexity index is 434. The summed E-state index contributed by atoms with van der Waals surface area (Å²) in [6, 6.07) is 7.54. The van der Waals surface area contributed by atoms with E-state index in [2.05, 4.69) is 10.3 Å². The van der Waals surface area contributed by atoms with E-state index in [0.717, 1.165) is 24.3 Å². The normalized spacial score (nSPS) is 22.4. The molecule has 2 fully saturated rings. The number of aliphatic hydroxyl groups is 1. The summed E-state index contributed by atoms with van der Waals surface area (Å²) in [6.07, 6.45) is 2.40. The highest BCUT2D eigenvalue weighted by Crippen LogP contribution is 2.30. The first-order valence-corrected chi connectivity index (χ1v) is 6.34. The maximum atomic E-state index is 10.1. The molecule has 0 amide bonds. The van der Waals surface area contributed by atoms with E-state index in [1.54, 1.807) is 0 Å². The molecule has 0 atom stereocenters. The van der Waals surface area contributed by atoms with E-state index in [4.69, 9.17) is 4.74 Å². The van der Waals surface area contributed by atoms with Crippen LogP contribution in [0.5, 0.6) is 0 Å². The molecular weight excluding hydrogens is 230 g/mol. The number of ether oxygens (including phenoxy) is 1. The fourth-order valence-electron chi connectivity index (χ4n) is 2.21. The molecule has 1 aromatic rings. The van der Waals surface area contributed by atoms with Crippen LogP contribution in [-0.2, 0) is 10.3 Å². The van der Waals surface area contributed by atoms with Crippen LogP contribution in [0.1, 0.15) is 18.4 Å². The zero-order chi connectivity index (χ0) is 12.4. The zero-order valence-corrected chi connectivity index (χ0v) is 10.2. The summed E-state index contributed by atoms with van der Waals surface area (Å²) >= 11 is 0. The summed E-state index contributed by atoms with van der Waals surface area (Å²) in [5.41, 5.74) is 0.897. The highest BCUT2D eigenvalue weighted by atomic mass is 16.5. The summed E-state index contributed by atoms with van der Waals surface area (Å²) in [7, 11) is 0. The van der Waals surface area contributed by atoms with E-state index in [0.29, 0.717) is 13.2 Å². The first kappa shape index (κ1) is 11.6. The average molecular weight is 247 g/mol. The monoisotopic (exact) mass is 247 g/mol. The molecule has 5 heteroatoms. The molecule has 3 rings (SSSR count). The Hall–Kier alpha value is -1.46. The Morgan fingerprint density at radius 1 is 1.11 bits per heavy atom. The molecule has 2 aliphatic heterocycles. The van der Waals surface area contributed by atoms with Crippen molar-refractivity contribution in [2.45, 2.75) is 18.4 Å². The number of hydrogen-bond acceptors (Lipinski definition) is 4. The Balaban J connectivity index is 1.67. The molecule has 18 heavy (non-hydrogen) atoms. The van der Waals surface area contributed by atoms with Crippen LogP contribution in [0, 0.1) is 0 Å². The number of benzene rings is 1. The topological polar surface area (TPSA) is 57.4 Å². The molecule has 1 N–H and O–H groups in total. The second-order valence-corrected chi connectivity index (χ2v) is 4.92. The van der Waals surface area contributed by atoms with E-state index >= 15 is 0 Å². The molecule has 0 unspecified atom stereocenters. The summed E-state index contributed by atoms with van der Waals surface area (Å²) in [6.45, 7) is 2.75. The third-order valence-electron chi connectivity index (χ3n) is 3.46. The van der Waals surface area contributed by atoms with Gasteiger partial charge in [0.15, 0.2) is 0 Å². The van der Waals surface area contributed by atoms with E-state index in [1.165, 1.54) is 12.8 Å². The SMILES string of the molecule is OC1(c2ccc(/N=N/N3CCCC3)cc2)COC1. The van der Waals surface area contributed by atoms with E-state index in [9.17, 15) is 5.11 Å². The maximum absolute atomic E-state index is 10.1. The van der Waals surface area contributed by atoms with Gasteiger partial charge in [-0.15, -0.1) is 5.11 Å². The first-order chi connectivity index (χ1) is 8.76. The van der Waals surface area contributed by atoms with Gasteiger partial charge in [-0.2, -0.15) is 0 Å². The van der Waals surface area contributed by atoms with Crippen LogP contribution in [0.3, 0.4) is 0 Å². The molecular formula is C13H17N3O2. The van der Waals surface area contributed by atoms with Crippen molar-refractivity contribution in [2.24, 2.45) is 10.3 Å². The van der Waals surface area contributed by atoms with E-state index in [1.807, 2.05) is 29.3 Å². The van der Waals surface area contributed by atoms with Gasteiger partial charge < -0.3 is 9.84 Å². The minimum atomic E-state index is -0.801. The molecule has 0 spiro atoms. The van der Waals surface area contributed by atoms with Gasteiger partial charge in [0.05, 0.1) is 18.9 Å². The molecule has 5 nitrogen and oxygen atoms in total. The lowest BCUT2D eigenvalue weighted by molar-refractivity contribution is -0.184. The molecule has 2 heterocycles. The molecule has 0 radical (unpaired) electrons. The molecule has 0 saturated carbocycles. The zero-order valence-electron chi connectivity index (χ0n) is 10.2. The van der Waals surface area contributed by atoms with Crippen LogP contribution < -0.4 is 0 Å². The van der Waals surface area contributed by atoms with Crippen LogP contribution in [0.15, 0.2) is 34.6 Å². The minimum absolute atomic E-state index is 0.377. The van der Waals surface area contributed by atoms with Crippen LogP contribution in [0.4, 0.5) is 5.69 Å². The lowest BCUT2D eigenvalue weighted by Gasteiger charge is -2.36. The van der Waals surface area contributed by atoms with Crippen LogP contribution in [-0.4, -0.2) is 36.4 Å². The van der Waals surface area contributed by atoms with Gasteiger partial charge in [0.1, 0.15) is 5.60 Å². The molecule has 0 bridgehead atoms. The van der Waals surface area contributed by atoms with Crippen molar-refractivity contribution >= 4 is 5.69 Å². The Morgan fingerprint density at radius 3 is 2.33 bits per heavy atom. The number of rotatable bonds is 3. The van der Waals surface area contributed by atoms with Gasteiger partial charge in [-0.3, -0.25) is 5.01 Å². The first-order valence-electron chi connectivity index (χ1n) is 6.34. The van der Waals surface area contributed by atoms with Crippen LogP contribution in [0.25, 0.3) is 0 Å². The molecule has 2 saturated heterocycles. The summed E-state index contributed by atoms with van der Waals surface area (Å²) < 4.78 is 5.04. The fraction of sp³-hybridized carbons (Fsp3) is 0.538. The third kappa shape index (κ3) is 2.23. The minimum Gasteiger partial charge on any atom is -0.380 e. The predicted molar refractivity (Wildman–Crippen MR) is 66.5 cm³/mol. The van der Waals surface area contributed by atoms with Crippen molar-refractivity contribution in [3.8, 4) is 0 Å². The van der Waals surface area contributed by atoms with E-state index < -0.39 is 5.60 Å². The van der Waals surface area contributed by atoms with Gasteiger partial charge in [0.25, 0.3) is 0 Å². The number of hydrogen-bond donors (Lipinski definition) is 1. The quantitative estimate of drug-likeness (QED) is 0.831. The molecule has 96 valence electrons. The van der Waals surface area contributed by atoms with Crippen molar-refractivity contribution < 1.29 is 9.84 Å². The summed E-state index contributed by atoms with van der Waals surface area (Å²) in [4.78, 5) is 0. The summed E-state index contributed by atoms with van der Waals surface area (Å²) in [5.74, 6) is 0. The second kappa shape index (κ2) is 4.66. The lowest BCUT2D eigenvalue weighted by atomic mass is 9.92.